The van der Waals surface area contributed by atoms with E-state index in [0.29, 0.717) is 13.2 Å². The van der Waals surface area contributed by atoms with Crippen molar-refractivity contribution in [2.24, 2.45) is 5.16 Å². The zero-order chi connectivity index (χ0) is 10.4. The molecule has 0 radical (unpaired) electrons. The van der Waals surface area contributed by atoms with Gasteiger partial charge in [0.1, 0.15) is 12.5 Å². The lowest BCUT2D eigenvalue weighted by atomic mass is 10.9. The van der Waals surface area contributed by atoms with Gasteiger partial charge in [-0.1, -0.05) is 0 Å². The number of rotatable bonds is 4. The normalized spacial score (nSPS) is 17.7. The minimum Gasteiger partial charge on any atom is -0.389 e. The fraction of sp³-hybridized carbons (Fsp3) is 0.667. The first kappa shape index (κ1) is 10.9. The number of hydrogen-bond donors (Lipinski definition) is 0. The van der Waals surface area contributed by atoms with Crippen LogP contribution < -0.4 is 0 Å². The summed E-state index contributed by atoms with van der Waals surface area (Å²) in [6, 6.07) is 0. The highest BCUT2D eigenvalue weighted by atomic mass is 31.1. The van der Waals surface area contributed by atoms with Crippen LogP contribution in [0.2, 0.25) is 0 Å². The summed E-state index contributed by atoms with van der Waals surface area (Å²) in [7, 11) is -2.24. The Labute approximate surface area is 81.7 Å². The molecule has 0 aromatic carbocycles. The summed E-state index contributed by atoms with van der Waals surface area (Å²) in [4.78, 5) is 9.54. The molecule has 0 amide bonds. The second-order valence-corrected chi connectivity index (χ2v) is 2.79. The standard InChI is InChI=1S/C6H10N2O5P/c1-3-10-7-5-6-8(11-4-2)13-14(9)12-6/h3-4H2,1-2H3/q+1. The molecular weight excluding hydrogens is 211 g/mol. The highest BCUT2D eigenvalue weighted by molar-refractivity contribution is 7.33. The Morgan fingerprint density at radius 3 is 3.00 bits per heavy atom. The molecule has 0 saturated carbocycles. The van der Waals surface area contributed by atoms with E-state index in [9.17, 15) is 4.57 Å². The van der Waals surface area contributed by atoms with Crippen LogP contribution in [-0.4, -0.2) is 24.3 Å². The fourth-order valence-electron chi connectivity index (χ4n) is 0.615. The SMILES string of the molecule is CCON=C=C1O[P+](=O)ON1OCC. The Bertz CT molecular complexity index is 275. The van der Waals surface area contributed by atoms with Gasteiger partial charge >= 0.3 is 14.1 Å². The maximum Gasteiger partial charge on any atom is 0.779 e. The smallest absolute Gasteiger partial charge is 0.389 e. The molecule has 1 atom stereocenters. The second kappa shape index (κ2) is 5.57. The predicted octanol–water partition coefficient (Wildman–Crippen LogP) is 1.32. The van der Waals surface area contributed by atoms with E-state index in [2.05, 4.69) is 20.5 Å². The first-order valence-corrected chi connectivity index (χ1v) is 5.08. The van der Waals surface area contributed by atoms with Gasteiger partial charge in [-0.25, -0.2) is 4.84 Å². The van der Waals surface area contributed by atoms with Crippen LogP contribution in [0.4, 0.5) is 0 Å². The number of hydroxylamine groups is 2. The lowest BCUT2D eigenvalue weighted by Gasteiger charge is -2.02. The molecular formula is C6H10N2O5P+. The van der Waals surface area contributed by atoms with Crippen molar-refractivity contribution in [2.75, 3.05) is 13.2 Å². The Morgan fingerprint density at radius 2 is 2.36 bits per heavy atom. The monoisotopic (exact) mass is 221 g/mol. The van der Waals surface area contributed by atoms with Crippen LogP contribution in [0.1, 0.15) is 13.8 Å². The molecule has 1 saturated heterocycles. The molecule has 0 aliphatic carbocycles. The van der Waals surface area contributed by atoms with Gasteiger partial charge < -0.3 is 4.84 Å². The molecule has 7 nitrogen and oxygen atoms in total. The summed E-state index contributed by atoms with van der Waals surface area (Å²) < 4.78 is 20.1. The van der Waals surface area contributed by atoms with Crippen LogP contribution in [0, 0.1) is 0 Å². The van der Waals surface area contributed by atoms with Crippen LogP contribution >= 0.6 is 8.25 Å². The van der Waals surface area contributed by atoms with E-state index in [0.717, 1.165) is 5.23 Å². The lowest BCUT2D eigenvalue weighted by Crippen LogP contribution is -2.16. The molecule has 0 bridgehead atoms. The maximum atomic E-state index is 10.8. The van der Waals surface area contributed by atoms with Crippen molar-refractivity contribution < 1.29 is 23.4 Å². The van der Waals surface area contributed by atoms with E-state index >= 15 is 0 Å². The van der Waals surface area contributed by atoms with Gasteiger partial charge in [0.05, 0.1) is 6.61 Å². The van der Waals surface area contributed by atoms with Crippen molar-refractivity contribution in [1.29, 1.82) is 0 Å². The van der Waals surface area contributed by atoms with E-state index in [1.165, 1.54) is 0 Å². The summed E-state index contributed by atoms with van der Waals surface area (Å²) in [5.41, 5.74) is 0. The molecule has 0 aromatic rings. The molecule has 1 heterocycles. The van der Waals surface area contributed by atoms with Crippen LogP contribution in [-0.2, 0) is 23.4 Å². The van der Waals surface area contributed by atoms with Crippen LogP contribution in [0.25, 0.3) is 0 Å². The van der Waals surface area contributed by atoms with Crippen molar-refractivity contribution in [2.45, 2.75) is 13.8 Å². The van der Waals surface area contributed by atoms with E-state index in [4.69, 9.17) is 9.36 Å². The molecule has 1 fully saturated rings. The molecule has 1 unspecified atom stereocenters. The predicted molar refractivity (Wildman–Crippen MR) is 45.8 cm³/mol. The molecule has 1 aliphatic heterocycles. The molecule has 78 valence electrons. The summed E-state index contributed by atoms with van der Waals surface area (Å²) in [6.45, 7) is 4.25. The van der Waals surface area contributed by atoms with Crippen molar-refractivity contribution in [1.82, 2.24) is 5.23 Å². The van der Waals surface area contributed by atoms with E-state index in [-0.39, 0.29) is 5.88 Å². The van der Waals surface area contributed by atoms with Crippen LogP contribution in [0.15, 0.2) is 11.0 Å². The van der Waals surface area contributed by atoms with Gasteiger partial charge in [0.2, 0.25) is 0 Å². The van der Waals surface area contributed by atoms with Gasteiger partial charge in [-0.15, -0.1) is 0 Å². The third-order valence-electron chi connectivity index (χ3n) is 1.05. The van der Waals surface area contributed by atoms with E-state index < -0.39 is 8.25 Å². The molecule has 0 aromatic heterocycles. The van der Waals surface area contributed by atoms with E-state index in [1.807, 2.05) is 0 Å². The van der Waals surface area contributed by atoms with Crippen molar-refractivity contribution in [3.8, 4) is 0 Å². The first-order valence-electron chi connectivity index (χ1n) is 3.99. The largest absolute Gasteiger partial charge is 0.779 e. The average Bonchev–Trinajstić information content (AvgIpc) is 2.48. The van der Waals surface area contributed by atoms with Gasteiger partial charge in [0.15, 0.2) is 0 Å². The average molecular weight is 221 g/mol. The highest BCUT2D eigenvalue weighted by Crippen LogP contribution is 2.38. The Hall–Kier alpha value is -1.13. The highest BCUT2D eigenvalue weighted by Gasteiger charge is 2.44. The van der Waals surface area contributed by atoms with Gasteiger partial charge in [0.25, 0.3) is 0 Å². The molecule has 14 heavy (non-hydrogen) atoms. The van der Waals surface area contributed by atoms with E-state index in [1.54, 1.807) is 13.8 Å². The summed E-state index contributed by atoms with van der Waals surface area (Å²) in [5, 5.41) is 4.25. The molecule has 8 heteroatoms. The number of nitrogens with zero attached hydrogens (tertiary/aromatic N) is 2. The molecule has 0 N–H and O–H groups in total. The zero-order valence-electron chi connectivity index (χ0n) is 7.80. The van der Waals surface area contributed by atoms with Gasteiger partial charge in [-0.3, -0.25) is 0 Å². The van der Waals surface area contributed by atoms with Crippen molar-refractivity contribution in [3.63, 3.8) is 0 Å². The fourth-order valence-corrected chi connectivity index (χ4v) is 1.14. The minimum atomic E-state index is -2.24. The van der Waals surface area contributed by atoms with Gasteiger partial charge in [-0.2, -0.15) is 4.52 Å². The topological polar surface area (TPSA) is 69.6 Å². The molecule has 1 rings (SSSR count). The summed E-state index contributed by atoms with van der Waals surface area (Å²) in [6.07, 6.45) is 0. The first-order chi connectivity index (χ1) is 6.77. The Balaban J connectivity index is 2.65. The quantitative estimate of drug-likeness (QED) is 0.405. The lowest BCUT2D eigenvalue weighted by molar-refractivity contribution is -0.281. The second-order valence-electron chi connectivity index (χ2n) is 2.00. The summed E-state index contributed by atoms with van der Waals surface area (Å²) in [5.74, 6) is 2.31. The summed E-state index contributed by atoms with van der Waals surface area (Å²) >= 11 is 0. The third kappa shape index (κ3) is 2.97. The number of hydrogen-bond acceptors (Lipinski definition) is 7. The minimum absolute atomic E-state index is 0.0265. The van der Waals surface area contributed by atoms with Crippen molar-refractivity contribution >= 4 is 14.1 Å². The van der Waals surface area contributed by atoms with Gasteiger partial charge in [-0.05, 0) is 24.2 Å². The Morgan fingerprint density at radius 1 is 1.57 bits per heavy atom. The third-order valence-corrected chi connectivity index (χ3v) is 1.65. The Kier molecular flexibility index (Phi) is 4.35. The van der Waals surface area contributed by atoms with Crippen LogP contribution in [0.3, 0.4) is 0 Å². The molecule has 1 aliphatic rings. The van der Waals surface area contributed by atoms with Crippen molar-refractivity contribution in [3.05, 3.63) is 5.88 Å². The van der Waals surface area contributed by atoms with Gasteiger partial charge in [0, 0.05) is 9.19 Å². The zero-order valence-corrected chi connectivity index (χ0v) is 8.69. The molecule has 0 spiro atoms. The van der Waals surface area contributed by atoms with Crippen LogP contribution in [0.5, 0.6) is 0 Å². The maximum absolute atomic E-state index is 10.8.